The van der Waals surface area contributed by atoms with Gasteiger partial charge in [-0.05, 0) is 35.9 Å². The van der Waals surface area contributed by atoms with Crippen LogP contribution in [0.5, 0.6) is 0 Å². The summed E-state index contributed by atoms with van der Waals surface area (Å²) in [5.41, 5.74) is 3.55. The van der Waals surface area contributed by atoms with Crippen molar-refractivity contribution in [2.45, 2.75) is 13.0 Å². The lowest BCUT2D eigenvalue weighted by atomic mass is 10.0. The SMILES string of the molecule is CNC(c1cscc1C)c1c(Cl)cnn1C. The van der Waals surface area contributed by atoms with Gasteiger partial charge in [-0.25, -0.2) is 0 Å². The normalized spacial score (nSPS) is 13.0. The molecule has 2 rings (SSSR count). The number of thiophene rings is 1. The van der Waals surface area contributed by atoms with E-state index in [9.17, 15) is 0 Å². The first kappa shape index (κ1) is 11.6. The number of rotatable bonds is 3. The third-order valence-corrected chi connectivity index (χ3v) is 3.88. The van der Waals surface area contributed by atoms with E-state index in [-0.39, 0.29) is 6.04 Å². The lowest BCUT2D eigenvalue weighted by Gasteiger charge is -2.17. The molecule has 0 amide bonds. The van der Waals surface area contributed by atoms with Crippen molar-refractivity contribution >= 4 is 22.9 Å². The third kappa shape index (κ3) is 1.88. The van der Waals surface area contributed by atoms with E-state index < -0.39 is 0 Å². The van der Waals surface area contributed by atoms with E-state index >= 15 is 0 Å². The fourth-order valence-corrected chi connectivity index (χ4v) is 3.00. The quantitative estimate of drug-likeness (QED) is 0.914. The molecular weight excluding hydrogens is 242 g/mol. The zero-order valence-electron chi connectivity index (χ0n) is 9.49. The van der Waals surface area contributed by atoms with Crippen LogP contribution in [0.25, 0.3) is 0 Å². The van der Waals surface area contributed by atoms with Crippen LogP contribution in [-0.4, -0.2) is 16.8 Å². The van der Waals surface area contributed by atoms with E-state index in [1.54, 1.807) is 17.5 Å². The van der Waals surface area contributed by atoms with Gasteiger partial charge in [0.1, 0.15) is 0 Å². The monoisotopic (exact) mass is 255 g/mol. The Kier molecular flexibility index (Phi) is 3.33. The van der Waals surface area contributed by atoms with Crippen molar-refractivity contribution in [3.63, 3.8) is 0 Å². The Morgan fingerprint density at radius 2 is 2.25 bits per heavy atom. The van der Waals surface area contributed by atoms with Crippen LogP contribution in [0, 0.1) is 6.92 Å². The fraction of sp³-hybridized carbons (Fsp3) is 0.364. The van der Waals surface area contributed by atoms with Crippen LogP contribution in [-0.2, 0) is 7.05 Å². The standard InChI is InChI=1S/C11H14ClN3S/c1-7-5-16-6-8(7)10(13-2)11-9(12)4-14-15(11)3/h4-6,10,13H,1-3H3. The molecule has 3 nitrogen and oxygen atoms in total. The largest absolute Gasteiger partial charge is 0.308 e. The predicted octanol–water partition coefficient (Wildman–Crippen LogP) is 2.75. The fourth-order valence-electron chi connectivity index (χ4n) is 1.85. The second kappa shape index (κ2) is 4.57. The maximum absolute atomic E-state index is 6.17. The average molecular weight is 256 g/mol. The van der Waals surface area contributed by atoms with E-state index in [4.69, 9.17) is 11.6 Å². The minimum absolute atomic E-state index is 0.103. The maximum Gasteiger partial charge on any atom is 0.0837 e. The van der Waals surface area contributed by atoms with Gasteiger partial charge in [0.2, 0.25) is 0 Å². The highest BCUT2D eigenvalue weighted by atomic mass is 35.5. The Morgan fingerprint density at radius 3 is 2.69 bits per heavy atom. The summed E-state index contributed by atoms with van der Waals surface area (Å²) in [5, 5.41) is 12.5. The van der Waals surface area contributed by atoms with Crippen molar-refractivity contribution in [3.05, 3.63) is 38.8 Å². The van der Waals surface area contributed by atoms with Gasteiger partial charge >= 0.3 is 0 Å². The van der Waals surface area contributed by atoms with Crippen LogP contribution in [0.3, 0.4) is 0 Å². The molecule has 1 atom stereocenters. The summed E-state index contributed by atoms with van der Waals surface area (Å²) in [5.74, 6) is 0. The van der Waals surface area contributed by atoms with Gasteiger partial charge in [0, 0.05) is 7.05 Å². The summed E-state index contributed by atoms with van der Waals surface area (Å²) >= 11 is 7.87. The zero-order chi connectivity index (χ0) is 11.7. The van der Waals surface area contributed by atoms with Gasteiger partial charge in [0.15, 0.2) is 0 Å². The Labute approximate surface area is 104 Å². The van der Waals surface area contributed by atoms with Crippen LogP contribution in [0.2, 0.25) is 5.02 Å². The minimum atomic E-state index is 0.103. The summed E-state index contributed by atoms with van der Waals surface area (Å²) in [7, 11) is 3.85. The number of hydrogen-bond acceptors (Lipinski definition) is 3. The van der Waals surface area contributed by atoms with Crippen LogP contribution in [0.15, 0.2) is 17.0 Å². The molecule has 0 aliphatic heterocycles. The number of aryl methyl sites for hydroxylation is 2. The Morgan fingerprint density at radius 1 is 1.50 bits per heavy atom. The molecule has 5 heteroatoms. The molecule has 2 heterocycles. The zero-order valence-corrected chi connectivity index (χ0v) is 11.1. The first-order valence-corrected chi connectivity index (χ1v) is 6.34. The van der Waals surface area contributed by atoms with Crippen LogP contribution in [0.1, 0.15) is 22.9 Å². The number of nitrogens with zero attached hydrogens (tertiary/aromatic N) is 2. The van der Waals surface area contributed by atoms with Crippen molar-refractivity contribution in [1.82, 2.24) is 15.1 Å². The molecule has 0 fully saturated rings. The minimum Gasteiger partial charge on any atom is -0.308 e. The van der Waals surface area contributed by atoms with Gasteiger partial charge < -0.3 is 5.32 Å². The van der Waals surface area contributed by atoms with Gasteiger partial charge in [-0.3, -0.25) is 4.68 Å². The Bertz CT molecular complexity index is 470. The first-order valence-electron chi connectivity index (χ1n) is 5.02. The second-order valence-electron chi connectivity index (χ2n) is 3.73. The Hall–Kier alpha value is -0.840. The first-order chi connectivity index (χ1) is 7.65. The maximum atomic E-state index is 6.17. The lowest BCUT2D eigenvalue weighted by Crippen LogP contribution is -2.21. The topological polar surface area (TPSA) is 29.9 Å². The summed E-state index contributed by atoms with van der Waals surface area (Å²) < 4.78 is 1.82. The number of nitrogens with one attached hydrogen (secondary N) is 1. The van der Waals surface area contributed by atoms with Crippen LogP contribution >= 0.6 is 22.9 Å². The molecule has 86 valence electrons. The molecule has 2 aromatic heterocycles. The molecule has 0 aliphatic rings. The molecule has 0 bridgehead atoms. The molecule has 0 saturated heterocycles. The molecule has 1 N–H and O–H groups in total. The summed E-state index contributed by atoms with van der Waals surface area (Å²) in [6.45, 7) is 2.11. The highest BCUT2D eigenvalue weighted by Gasteiger charge is 2.21. The van der Waals surface area contributed by atoms with Gasteiger partial charge in [0.05, 0.1) is 23.0 Å². The molecule has 16 heavy (non-hydrogen) atoms. The van der Waals surface area contributed by atoms with Gasteiger partial charge in [-0.15, -0.1) is 0 Å². The van der Waals surface area contributed by atoms with Crippen molar-refractivity contribution in [3.8, 4) is 0 Å². The van der Waals surface area contributed by atoms with Crippen molar-refractivity contribution in [2.24, 2.45) is 7.05 Å². The lowest BCUT2D eigenvalue weighted by molar-refractivity contribution is 0.605. The third-order valence-electron chi connectivity index (χ3n) is 2.71. The molecule has 1 unspecified atom stereocenters. The second-order valence-corrected chi connectivity index (χ2v) is 4.88. The Balaban J connectivity index is 2.49. The average Bonchev–Trinajstić information content (AvgIpc) is 2.80. The van der Waals surface area contributed by atoms with Crippen LogP contribution < -0.4 is 5.32 Å². The molecule has 0 saturated carbocycles. The van der Waals surface area contributed by atoms with Crippen molar-refractivity contribution < 1.29 is 0 Å². The summed E-state index contributed by atoms with van der Waals surface area (Å²) in [6, 6.07) is 0.103. The number of hydrogen-bond donors (Lipinski definition) is 1. The van der Waals surface area contributed by atoms with E-state index in [0.29, 0.717) is 5.02 Å². The highest BCUT2D eigenvalue weighted by molar-refractivity contribution is 7.08. The van der Waals surface area contributed by atoms with E-state index in [1.807, 2.05) is 18.8 Å². The molecule has 0 spiro atoms. The molecule has 0 aliphatic carbocycles. The summed E-state index contributed by atoms with van der Waals surface area (Å²) in [4.78, 5) is 0. The highest BCUT2D eigenvalue weighted by Crippen LogP contribution is 2.30. The smallest absolute Gasteiger partial charge is 0.0837 e. The molecule has 2 aromatic rings. The predicted molar refractivity (Wildman–Crippen MR) is 68.2 cm³/mol. The molecular formula is C11H14ClN3S. The van der Waals surface area contributed by atoms with Gasteiger partial charge in [-0.1, -0.05) is 11.6 Å². The van der Waals surface area contributed by atoms with E-state index in [0.717, 1.165) is 5.69 Å². The van der Waals surface area contributed by atoms with Crippen molar-refractivity contribution in [2.75, 3.05) is 7.05 Å². The number of halogens is 1. The molecule has 0 radical (unpaired) electrons. The van der Waals surface area contributed by atoms with Gasteiger partial charge in [-0.2, -0.15) is 16.4 Å². The van der Waals surface area contributed by atoms with E-state index in [2.05, 4.69) is 28.1 Å². The van der Waals surface area contributed by atoms with Gasteiger partial charge in [0.25, 0.3) is 0 Å². The van der Waals surface area contributed by atoms with Crippen LogP contribution in [0.4, 0.5) is 0 Å². The van der Waals surface area contributed by atoms with E-state index in [1.165, 1.54) is 11.1 Å². The molecule has 0 aromatic carbocycles. The number of aromatic nitrogens is 2. The van der Waals surface area contributed by atoms with Crippen molar-refractivity contribution in [1.29, 1.82) is 0 Å². The summed E-state index contributed by atoms with van der Waals surface area (Å²) in [6.07, 6.45) is 1.68.